The molecule has 0 aliphatic carbocycles. The van der Waals surface area contributed by atoms with Gasteiger partial charge in [-0.3, -0.25) is 0 Å². The van der Waals surface area contributed by atoms with Crippen molar-refractivity contribution >= 4 is 34.0 Å². The van der Waals surface area contributed by atoms with Gasteiger partial charge < -0.3 is 9.29 Å². The minimum Gasteiger partial charge on any atom is -0.598 e. The van der Waals surface area contributed by atoms with E-state index in [1.807, 2.05) is 34.6 Å². The number of ether oxygens (including phenoxy) is 1. The van der Waals surface area contributed by atoms with Crippen LogP contribution in [0.15, 0.2) is 12.1 Å². The van der Waals surface area contributed by atoms with E-state index in [0.29, 0.717) is 17.7 Å². The van der Waals surface area contributed by atoms with E-state index >= 15 is 0 Å². The molecule has 0 saturated carbocycles. The SMILES string of the molecule is CC(N[S@+]([O-])C(C)(C)C)c1ccc(F)c2c1OC(C)(CI)C2. The molecule has 0 amide bonds. The van der Waals surface area contributed by atoms with Gasteiger partial charge in [-0.15, -0.1) is 4.72 Å². The monoisotopic (exact) mass is 439 g/mol. The molecule has 0 fully saturated rings. The molecule has 0 radical (unpaired) electrons. The first-order valence-corrected chi connectivity index (χ1v) is 9.99. The molecule has 3 atom stereocenters. The van der Waals surface area contributed by atoms with Gasteiger partial charge in [-0.25, -0.2) is 4.39 Å². The number of alkyl halides is 1. The quantitative estimate of drug-likeness (QED) is 0.437. The first kappa shape index (κ1) is 18.3. The second-order valence-electron chi connectivity index (χ2n) is 7.03. The summed E-state index contributed by atoms with van der Waals surface area (Å²) in [5.74, 6) is 0.390. The maximum atomic E-state index is 14.1. The predicted octanol–water partition coefficient (Wildman–Crippen LogP) is 4.07. The van der Waals surface area contributed by atoms with E-state index in [2.05, 4.69) is 27.3 Å². The van der Waals surface area contributed by atoms with Crippen molar-refractivity contribution in [2.24, 2.45) is 0 Å². The molecule has 1 aromatic carbocycles. The Morgan fingerprint density at radius 2 is 2.14 bits per heavy atom. The maximum Gasteiger partial charge on any atom is 0.136 e. The fourth-order valence-electron chi connectivity index (χ4n) is 2.38. The summed E-state index contributed by atoms with van der Waals surface area (Å²) in [4.78, 5) is 0. The fourth-order valence-corrected chi connectivity index (χ4v) is 3.61. The Bertz CT molecular complexity index is 564. The van der Waals surface area contributed by atoms with Gasteiger partial charge in [0.25, 0.3) is 0 Å². The number of rotatable bonds is 4. The van der Waals surface area contributed by atoms with Crippen LogP contribution in [0.4, 0.5) is 4.39 Å². The lowest BCUT2D eigenvalue weighted by Gasteiger charge is -2.27. The summed E-state index contributed by atoms with van der Waals surface area (Å²) in [7, 11) is 0. The van der Waals surface area contributed by atoms with E-state index in [9.17, 15) is 8.94 Å². The molecule has 124 valence electrons. The van der Waals surface area contributed by atoms with E-state index < -0.39 is 11.4 Å². The third-order valence-electron chi connectivity index (χ3n) is 3.72. The summed E-state index contributed by atoms with van der Waals surface area (Å²) in [6.45, 7) is 9.68. The van der Waals surface area contributed by atoms with Crippen LogP contribution in [0.2, 0.25) is 0 Å². The lowest BCUT2D eigenvalue weighted by atomic mass is 9.98. The van der Waals surface area contributed by atoms with Gasteiger partial charge in [-0.2, -0.15) is 0 Å². The lowest BCUT2D eigenvalue weighted by molar-refractivity contribution is 0.145. The molecule has 22 heavy (non-hydrogen) atoms. The standard InChI is InChI=1S/C16H23FINO2S/c1-10(19-22(20)15(2,3)4)11-6-7-13(17)12-8-16(5,9-18)21-14(11)12/h6-7,10,19H,8-9H2,1-5H3/t10?,16?,22-/m1/s1. The maximum absolute atomic E-state index is 14.1. The number of halogens is 2. The van der Waals surface area contributed by atoms with E-state index in [0.717, 1.165) is 9.99 Å². The second-order valence-corrected chi connectivity index (χ2v) is 9.79. The van der Waals surface area contributed by atoms with Crippen LogP contribution < -0.4 is 9.46 Å². The van der Waals surface area contributed by atoms with Crippen molar-refractivity contribution in [3.05, 3.63) is 29.1 Å². The number of benzene rings is 1. The zero-order valence-electron chi connectivity index (χ0n) is 13.6. The van der Waals surface area contributed by atoms with Gasteiger partial charge in [0, 0.05) is 33.3 Å². The Balaban J connectivity index is 2.30. The van der Waals surface area contributed by atoms with Gasteiger partial charge in [-0.1, -0.05) is 28.7 Å². The lowest BCUT2D eigenvalue weighted by Crippen LogP contribution is -2.40. The summed E-state index contributed by atoms with van der Waals surface area (Å²) in [5, 5.41) is 0. The molecule has 1 aliphatic heterocycles. The Hall–Kier alpha value is -0.0500. The van der Waals surface area contributed by atoms with Crippen molar-refractivity contribution in [2.75, 3.05) is 4.43 Å². The van der Waals surface area contributed by atoms with Crippen molar-refractivity contribution in [1.82, 2.24) is 4.72 Å². The van der Waals surface area contributed by atoms with E-state index in [1.54, 1.807) is 6.07 Å². The predicted molar refractivity (Wildman–Crippen MR) is 97.5 cm³/mol. The largest absolute Gasteiger partial charge is 0.598 e. The fraction of sp³-hybridized carbons (Fsp3) is 0.625. The molecule has 2 rings (SSSR count). The first-order chi connectivity index (χ1) is 10.1. The molecule has 1 aliphatic rings. The highest BCUT2D eigenvalue weighted by Gasteiger charge is 2.39. The summed E-state index contributed by atoms with van der Waals surface area (Å²) in [6, 6.07) is 3.03. The molecule has 1 N–H and O–H groups in total. The first-order valence-electron chi connectivity index (χ1n) is 7.32. The van der Waals surface area contributed by atoms with Gasteiger partial charge in [-0.05, 0) is 40.7 Å². The van der Waals surface area contributed by atoms with Crippen LogP contribution >= 0.6 is 22.6 Å². The smallest absolute Gasteiger partial charge is 0.136 e. The van der Waals surface area contributed by atoms with Crippen molar-refractivity contribution in [3.8, 4) is 5.75 Å². The minimum absolute atomic E-state index is 0.175. The van der Waals surface area contributed by atoms with E-state index in [-0.39, 0.29) is 22.2 Å². The summed E-state index contributed by atoms with van der Waals surface area (Å²) in [6.07, 6.45) is 0.569. The Morgan fingerprint density at radius 3 is 2.68 bits per heavy atom. The van der Waals surface area contributed by atoms with Crippen LogP contribution in [0.25, 0.3) is 0 Å². The molecule has 6 heteroatoms. The van der Waals surface area contributed by atoms with Crippen LogP contribution in [0.5, 0.6) is 5.75 Å². The molecular formula is C16H23FINO2S. The Kier molecular flexibility index (Phi) is 5.36. The minimum atomic E-state index is -1.19. The highest BCUT2D eigenvalue weighted by atomic mass is 127. The third kappa shape index (κ3) is 3.71. The molecule has 1 aromatic rings. The second kappa shape index (κ2) is 6.45. The van der Waals surface area contributed by atoms with E-state index in [4.69, 9.17) is 4.74 Å². The molecule has 3 nitrogen and oxygen atoms in total. The molecule has 1 heterocycles. The molecular weight excluding hydrogens is 416 g/mol. The van der Waals surface area contributed by atoms with Gasteiger partial charge in [0.2, 0.25) is 0 Å². The number of hydrogen-bond donors (Lipinski definition) is 1. The third-order valence-corrected chi connectivity index (χ3v) is 7.02. The Morgan fingerprint density at radius 1 is 1.50 bits per heavy atom. The van der Waals surface area contributed by atoms with Crippen LogP contribution in [0.1, 0.15) is 51.8 Å². The highest BCUT2D eigenvalue weighted by Crippen LogP contribution is 2.42. The number of nitrogens with one attached hydrogen (secondary N) is 1. The summed E-state index contributed by atoms with van der Waals surface area (Å²) in [5.41, 5.74) is 1.12. The average molecular weight is 439 g/mol. The van der Waals surface area contributed by atoms with Crippen molar-refractivity contribution in [3.63, 3.8) is 0 Å². The molecule has 0 aromatic heterocycles. The topological polar surface area (TPSA) is 44.3 Å². The zero-order valence-corrected chi connectivity index (χ0v) is 16.6. The molecule has 0 spiro atoms. The van der Waals surface area contributed by atoms with Crippen molar-refractivity contribution < 1.29 is 13.7 Å². The van der Waals surface area contributed by atoms with Crippen LogP contribution in [-0.4, -0.2) is 19.3 Å². The zero-order chi connectivity index (χ0) is 16.7. The normalized spacial score (nSPS) is 23.8. The highest BCUT2D eigenvalue weighted by molar-refractivity contribution is 14.1. The average Bonchev–Trinajstić information content (AvgIpc) is 2.77. The number of hydrogen-bond acceptors (Lipinski definition) is 3. The summed E-state index contributed by atoms with van der Waals surface area (Å²) >= 11 is 1.07. The molecule has 2 unspecified atom stereocenters. The van der Waals surface area contributed by atoms with Gasteiger partial charge in [0.1, 0.15) is 21.9 Å². The molecule has 0 saturated heterocycles. The van der Waals surface area contributed by atoms with Crippen LogP contribution in [-0.2, 0) is 17.8 Å². The van der Waals surface area contributed by atoms with Crippen molar-refractivity contribution in [2.45, 2.75) is 57.4 Å². The summed E-state index contributed by atoms with van der Waals surface area (Å²) < 4.78 is 36.0. The van der Waals surface area contributed by atoms with Gasteiger partial charge >= 0.3 is 0 Å². The van der Waals surface area contributed by atoms with Gasteiger partial charge in [0.15, 0.2) is 0 Å². The molecule has 0 bridgehead atoms. The van der Waals surface area contributed by atoms with Crippen LogP contribution in [0, 0.1) is 5.82 Å². The Labute approximate surface area is 148 Å². The van der Waals surface area contributed by atoms with Gasteiger partial charge in [0.05, 0.1) is 6.04 Å². The van der Waals surface area contributed by atoms with Crippen LogP contribution in [0.3, 0.4) is 0 Å². The number of fused-ring (bicyclic) bond motifs is 1. The van der Waals surface area contributed by atoms with Crippen molar-refractivity contribution in [1.29, 1.82) is 0 Å². The van der Waals surface area contributed by atoms with E-state index in [1.165, 1.54) is 6.07 Å².